The van der Waals surface area contributed by atoms with Crippen molar-refractivity contribution in [2.24, 2.45) is 5.92 Å². The Kier molecular flexibility index (Phi) is 8.76. The van der Waals surface area contributed by atoms with E-state index in [0.29, 0.717) is 48.9 Å². The van der Waals surface area contributed by atoms with E-state index in [-0.39, 0.29) is 5.56 Å². The van der Waals surface area contributed by atoms with Crippen molar-refractivity contribution in [2.45, 2.75) is 45.2 Å². The second-order valence-electron chi connectivity index (χ2n) is 12.7. The summed E-state index contributed by atoms with van der Waals surface area (Å²) in [7, 11) is 2.18. The third-order valence-corrected chi connectivity index (χ3v) is 9.15. The van der Waals surface area contributed by atoms with Gasteiger partial charge in [0.05, 0.1) is 5.69 Å². The molecule has 0 radical (unpaired) electrons. The molecule has 2 N–H and O–H groups in total. The molecule has 0 amide bonds. The average Bonchev–Trinajstić information content (AvgIpc) is 3.08. The first-order valence-electron chi connectivity index (χ1n) is 16.3. The molecule has 1 unspecified atom stereocenters. The minimum absolute atomic E-state index is 0.0616. The summed E-state index contributed by atoms with van der Waals surface area (Å²) >= 11 is 0. The number of anilines is 3. The fourth-order valence-corrected chi connectivity index (χ4v) is 6.69. The van der Waals surface area contributed by atoms with Crippen molar-refractivity contribution in [3.8, 4) is 22.4 Å². The molecule has 0 bridgehead atoms. The van der Waals surface area contributed by atoms with Gasteiger partial charge >= 0.3 is 0 Å². The predicted molar refractivity (Wildman–Crippen MR) is 185 cm³/mol. The van der Waals surface area contributed by atoms with Crippen molar-refractivity contribution in [3.05, 3.63) is 95.0 Å². The molecule has 9 heteroatoms. The largest absolute Gasteiger partial charge is 0.381 e. The Hall–Kier alpha value is -4.60. The first-order chi connectivity index (χ1) is 22.5. The van der Waals surface area contributed by atoms with E-state index in [1.807, 2.05) is 59.3 Å². The zero-order chi connectivity index (χ0) is 31.5. The van der Waals surface area contributed by atoms with Gasteiger partial charge in [0.1, 0.15) is 5.65 Å². The number of likely N-dealkylation sites (N-methyl/N-ethyl adjacent to an activating group) is 1. The van der Waals surface area contributed by atoms with E-state index in [9.17, 15) is 4.79 Å². The van der Waals surface area contributed by atoms with Crippen molar-refractivity contribution in [1.82, 2.24) is 24.4 Å². The maximum atomic E-state index is 14.4. The average molecular weight is 616 g/mol. The lowest BCUT2D eigenvalue weighted by Crippen LogP contribution is -2.39. The van der Waals surface area contributed by atoms with Gasteiger partial charge in [-0.2, -0.15) is 4.98 Å². The van der Waals surface area contributed by atoms with Crippen molar-refractivity contribution < 1.29 is 4.74 Å². The smallest absolute Gasteiger partial charge is 0.260 e. The number of aromatic nitrogens is 4. The number of aryl methyl sites for hydroxylation is 1. The van der Waals surface area contributed by atoms with Crippen LogP contribution in [-0.2, 0) is 11.3 Å². The van der Waals surface area contributed by atoms with Crippen molar-refractivity contribution in [2.75, 3.05) is 44.0 Å². The summed E-state index contributed by atoms with van der Waals surface area (Å²) in [5.74, 6) is 0.785. The van der Waals surface area contributed by atoms with Gasteiger partial charge in [0.2, 0.25) is 5.95 Å². The number of piperidine rings is 1. The molecule has 2 aliphatic heterocycles. The summed E-state index contributed by atoms with van der Waals surface area (Å²) in [6.45, 7) is 6.27. The Morgan fingerprint density at radius 1 is 0.913 bits per heavy atom. The number of hydrogen-bond acceptors (Lipinski definition) is 8. The summed E-state index contributed by atoms with van der Waals surface area (Å²) in [6, 6.07) is 22.7. The number of ether oxygens (including phenoxy) is 1. The van der Waals surface area contributed by atoms with E-state index < -0.39 is 0 Å². The number of rotatable bonds is 8. The molecule has 236 valence electrons. The molecule has 9 nitrogen and oxygen atoms in total. The number of benzene rings is 2. The summed E-state index contributed by atoms with van der Waals surface area (Å²) in [5, 5.41) is 7.85. The lowest BCUT2D eigenvalue weighted by atomic mass is 9.95. The summed E-state index contributed by atoms with van der Waals surface area (Å²) in [5.41, 5.74) is 6.91. The van der Waals surface area contributed by atoms with Gasteiger partial charge in [-0.1, -0.05) is 23.8 Å². The highest BCUT2D eigenvalue weighted by Crippen LogP contribution is 2.32. The molecule has 1 atom stereocenters. The quantitative estimate of drug-likeness (QED) is 0.204. The van der Waals surface area contributed by atoms with Crippen molar-refractivity contribution in [1.29, 1.82) is 0 Å². The Morgan fingerprint density at radius 3 is 2.52 bits per heavy atom. The molecule has 0 saturated carbocycles. The van der Waals surface area contributed by atoms with Gasteiger partial charge in [0.25, 0.3) is 5.56 Å². The van der Waals surface area contributed by atoms with E-state index >= 15 is 0 Å². The van der Waals surface area contributed by atoms with E-state index in [1.165, 1.54) is 12.8 Å². The van der Waals surface area contributed by atoms with Crippen LogP contribution in [0.15, 0.2) is 83.9 Å². The Labute approximate surface area is 269 Å². The second-order valence-corrected chi connectivity index (χ2v) is 12.7. The number of pyridine rings is 2. The van der Waals surface area contributed by atoms with Gasteiger partial charge < -0.3 is 20.3 Å². The maximum absolute atomic E-state index is 14.4. The molecule has 5 heterocycles. The fraction of sp³-hybridized carbons (Fsp3) is 0.351. The molecule has 5 aromatic rings. The maximum Gasteiger partial charge on any atom is 0.260 e. The molecule has 2 saturated heterocycles. The molecule has 7 rings (SSSR count). The minimum atomic E-state index is -0.0616. The molecular formula is C37H41N7O2. The van der Waals surface area contributed by atoms with Crippen LogP contribution in [0.4, 0.5) is 17.3 Å². The summed E-state index contributed by atoms with van der Waals surface area (Å²) in [4.78, 5) is 31.0. The first-order valence-corrected chi connectivity index (χ1v) is 16.3. The zero-order valence-corrected chi connectivity index (χ0v) is 26.6. The number of hydrogen-bond donors (Lipinski definition) is 2. The SMILES string of the molecule is Cc1ccc(-c2cc3cnc(Nc4ccc(NC5CCCN(C)C5)cc4)nc3n(CC3CCOCC3)c2=O)c(-c2ccccn2)c1. The molecule has 0 spiro atoms. The van der Waals surface area contributed by atoms with E-state index in [1.54, 1.807) is 6.20 Å². The van der Waals surface area contributed by atoms with Crippen LogP contribution < -0.4 is 16.2 Å². The number of likely N-dealkylation sites (tertiary alicyclic amines) is 1. The summed E-state index contributed by atoms with van der Waals surface area (Å²) in [6.07, 6.45) is 7.82. The number of fused-ring (bicyclic) bond motifs is 1. The Bertz CT molecular complexity index is 1870. The minimum Gasteiger partial charge on any atom is -0.381 e. The molecule has 46 heavy (non-hydrogen) atoms. The third kappa shape index (κ3) is 6.66. The number of nitrogens with one attached hydrogen (secondary N) is 2. The Morgan fingerprint density at radius 2 is 1.74 bits per heavy atom. The second kappa shape index (κ2) is 13.4. The topological polar surface area (TPSA) is 97.2 Å². The van der Waals surface area contributed by atoms with Gasteiger partial charge in [-0.3, -0.25) is 14.3 Å². The van der Waals surface area contributed by atoms with Crippen LogP contribution in [0.3, 0.4) is 0 Å². The van der Waals surface area contributed by atoms with E-state index in [4.69, 9.17) is 9.72 Å². The van der Waals surface area contributed by atoms with Gasteiger partial charge in [0.15, 0.2) is 0 Å². The highest BCUT2D eigenvalue weighted by molar-refractivity contribution is 5.87. The van der Waals surface area contributed by atoms with E-state index in [2.05, 4.69) is 57.7 Å². The molecular weight excluding hydrogens is 574 g/mol. The van der Waals surface area contributed by atoms with E-state index in [0.717, 1.165) is 65.1 Å². The van der Waals surface area contributed by atoms with Gasteiger partial charge in [-0.15, -0.1) is 0 Å². The van der Waals surface area contributed by atoms with Gasteiger partial charge in [-0.25, -0.2) is 4.98 Å². The standard InChI is InChI=1S/C37H41N7O2/c1-25-8-13-31(32(20-25)34-7-3-4-16-38-34)33-21-27-22-39-37(42-35(27)44(36(33)45)23-26-14-18-46-19-15-26)41-29-11-9-28(10-12-29)40-30-6-5-17-43(2)24-30/h3-4,7-13,16,20-22,26,30,40H,5-6,14-15,17-19,23-24H2,1-2H3,(H,39,41,42). The van der Waals surface area contributed by atoms with Crippen molar-refractivity contribution in [3.63, 3.8) is 0 Å². The normalized spacial score (nSPS) is 17.7. The van der Waals surface area contributed by atoms with Gasteiger partial charge in [0, 0.05) is 72.6 Å². The fourth-order valence-electron chi connectivity index (χ4n) is 6.69. The zero-order valence-electron chi connectivity index (χ0n) is 26.6. The molecule has 2 aliphatic rings. The van der Waals surface area contributed by atoms with Crippen LogP contribution in [0, 0.1) is 12.8 Å². The van der Waals surface area contributed by atoms with Crippen LogP contribution in [-0.4, -0.2) is 63.8 Å². The monoisotopic (exact) mass is 615 g/mol. The molecule has 2 fully saturated rings. The van der Waals surface area contributed by atoms with Crippen LogP contribution in [0.1, 0.15) is 31.2 Å². The highest BCUT2D eigenvalue weighted by Gasteiger charge is 2.21. The molecule has 3 aromatic heterocycles. The lowest BCUT2D eigenvalue weighted by Gasteiger charge is -2.30. The first kappa shape index (κ1) is 30.1. The Balaban J connectivity index is 1.23. The van der Waals surface area contributed by atoms with Gasteiger partial charge in [-0.05, 0) is 106 Å². The van der Waals surface area contributed by atoms with Crippen molar-refractivity contribution >= 4 is 28.4 Å². The third-order valence-electron chi connectivity index (χ3n) is 9.15. The van der Waals surface area contributed by atoms with Crippen LogP contribution >= 0.6 is 0 Å². The summed E-state index contributed by atoms with van der Waals surface area (Å²) < 4.78 is 7.48. The van der Waals surface area contributed by atoms with Crippen LogP contribution in [0.25, 0.3) is 33.4 Å². The molecule has 0 aliphatic carbocycles. The number of nitrogens with zero attached hydrogens (tertiary/aromatic N) is 5. The highest BCUT2D eigenvalue weighted by atomic mass is 16.5. The molecule has 2 aromatic carbocycles. The predicted octanol–water partition coefficient (Wildman–Crippen LogP) is 6.51. The van der Waals surface area contributed by atoms with Crippen LogP contribution in [0.5, 0.6) is 0 Å². The van der Waals surface area contributed by atoms with Crippen LogP contribution in [0.2, 0.25) is 0 Å². The lowest BCUT2D eigenvalue weighted by molar-refractivity contribution is 0.0613.